The zero-order valence-electron chi connectivity index (χ0n) is 10.4. The molecule has 0 atom stereocenters. The van der Waals surface area contributed by atoms with Gasteiger partial charge in [0.25, 0.3) is 0 Å². The molecule has 0 fully saturated rings. The van der Waals surface area contributed by atoms with Gasteiger partial charge in [0.2, 0.25) is 0 Å². The van der Waals surface area contributed by atoms with E-state index in [1.807, 2.05) is 13.8 Å². The van der Waals surface area contributed by atoms with Crippen molar-refractivity contribution >= 4 is 18.2 Å². The zero-order chi connectivity index (χ0) is 13.0. The number of nitrogens with zero attached hydrogens (tertiary/aromatic N) is 1. The summed E-state index contributed by atoms with van der Waals surface area (Å²) in [5.74, 6) is 0.126. The van der Waals surface area contributed by atoms with Gasteiger partial charge in [0, 0.05) is 5.69 Å². The number of esters is 1. The van der Waals surface area contributed by atoms with Gasteiger partial charge < -0.3 is 14.5 Å². The second kappa shape index (κ2) is 5.88. The molecule has 0 aliphatic rings. The van der Waals surface area contributed by atoms with E-state index in [1.165, 1.54) is 7.11 Å². The molecule has 0 radical (unpaired) electrons. The van der Waals surface area contributed by atoms with Crippen LogP contribution >= 0.6 is 12.2 Å². The summed E-state index contributed by atoms with van der Waals surface area (Å²) in [7, 11) is 1.31. The second-order valence-corrected chi connectivity index (χ2v) is 4.23. The number of carbonyl (C=O) groups is 1. The highest BCUT2D eigenvalue weighted by molar-refractivity contribution is 7.71. The number of H-pyrrole nitrogens is 1. The first-order valence-corrected chi connectivity index (χ1v) is 5.66. The van der Waals surface area contributed by atoms with Crippen molar-refractivity contribution < 1.29 is 14.3 Å². The van der Waals surface area contributed by atoms with Crippen molar-refractivity contribution in [1.29, 1.82) is 0 Å². The molecule has 0 saturated heterocycles. The van der Waals surface area contributed by atoms with Crippen LogP contribution in [-0.2, 0) is 16.1 Å². The third-order valence-corrected chi connectivity index (χ3v) is 2.40. The summed E-state index contributed by atoms with van der Waals surface area (Å²) in [4.78, 5) is 18.5. The summed E-state index contributed by atoms with van der Waals surface area (Å²) in [6.45, 7) is 5.96. The average molecular weight is 256 g/mol. The van der Waals surface area contributed by atoms with Gasteiger partial charge in [-0.05, 0) is 20.8 Å². The van der Waals surface area contributed by atoms with Crippen LogP contribution in [0.3, 0.4) is 0 Å². The minimum absolute atomic E-state index is 0.111. The van der Waals surface area contributed by atoms with E-state index in [2.05, 4.69) is 14.7 Å². The average Bonchev–Trinajstić information content (AvgIpc) is 2.25. The van der Waals surface area contributed by atoms with Crippen LogP contribution in [0, 0.1) is 11.6 Å². The van der Waals surface area contributed by atoms with Crippen LogP contribution in [0.25, 0.3) is 0 Å². The minimum atomic E-state index is -0.479. The first-order valence-electron chi connectivity index (χ1n) is 5.25. The van der Waals surface area contributed by atoms with Crippen molar-refractivity contribution in [2.75, 3.05) is 7.11 Å². The van der Waals surface area contributed by atoms with Crippen molar-refractivity contribution in [2.24, 2.45) is 0 Å². The molecule has 0 amide bonds. The summed E-state index contributed by atoms with van der Waals surface area (Å²) in [5, 5.41) is 0. The Hall–Kier alpha value is -1.27. The maximum Gasteiger partial charge on any atom is 0.342 e. The Morgan fingerprint density at radius 1 is 1.53 bits per heavy atom. The molecule has 0 unspecified atom stereocenters. The first-order chi connectivity index (χ1) is 7.95. The fourth-order valence-electron chi connectivity index (χ4n) is 1.30. The van der Waals surface area contributed by atoms with Crippen LogP contribution in [0.5, 0.6) is 0 Å². The molecule has 0 aromatic carbocycles. The van der Waals surface area contributed by atoms with Crippen molar-refractivity contribution in [3.8, 4) is 0 Å². The molecule has 0 spiro atoms. The van der Waals surface area contributed by atoms with Crippen LogP contribution in [0.1, 0.15) is 35.7 Å². The largest absolute Gasteiger partial charge is 0.465 e. The Bertz CT molecular complexity index is 468. The van der Waals surface area contributed by atoms with Crippen molar-refractivity contribution in [2.45, 2.75) is 33.5 Å². The number of methoxy groups -OCH3 is 1. The zero-order valence-corrected chi connectivity index (χ0v) is 11.2. The van der Waals surface area contributed by atoms with E-state index in [4.69, 9.17) is 17.0 Å². The second-order valence-electron chi connectivity index (χ2n) is 3.84. The highest BCUT2D eigenvalue weighted by Crippen LogP contribution is 2.09. The van der Waals surface area contributed by atoms with Gasteiger partial charge in [-0.15, -0.1) is 0 Å². The number of nitrogens with one attached hydrogen (secondary N) is 1. The van der Waals surface area contributed by atoms with Crippen LogP contribution in [0.15, 0.2) is 0 Å². The molecule has 1 rings (SSSR count). The molecule has 0 aliphatic heterocycles. The minimum Gasteiger partial charge on any atom is -0.465 e. The lowest BCUT2D eigenvalue weighted by Crippen LogP contribution is -2.12. The molecule has 1 aromatic heterocycles. The fourth-order valence-corrected chi connectivity index (χ4v) is 1.65. The number of aromatic amines is 1. The molecule has 1 N–H and O–H groups in total. The molecular formula is C11H16N2O3S. The molecule has 94 valence electrons. The van der Waals surface area contributed by atoms with E-state index < -0.39 is 5.97 Å². The molecule has 0 aliphatic carbocycles. The smallest absolute Gasteiger partial charge is 0.342 e. The third kappa shape index (κ3) is 3.61. The van der Waals surface area contributed by atoms with Crippen LogP contribution < -0.4 is 0 Å². The quantitative estimate of drug-likeness (QED) is 0.660. The van der Waals surface area contributed by atoms with E-state index in [9.17, 15) is 4.79 Å². The lowest BCUT2D eigenvalue weighted by atomic mass is 10.2. The van der Waals surface area contributed by atoms with Gasteiger partial charge in [0.1, 0.15) is 22.6 Å². The van der Waals surface area contributed by atoms with Gasteiger partial charge in [-0.3, -0.25) is 0 Å². The predicted molar refractivity (Wildman–Crippen MR) is 65.4 cm³/mol. The number of ether oxygens (including phenoxy) is 2. The van der Waals surface area contributed by atoms with Crippen molar-refractivity contribution in [1.82, 2.24) is 9.97 Å². The first kappa shape index (κ1) is 13.8. The van der Waals surface area contributed by atoms with Gasteiger partial charge in [-0.25, -0.2) is 9.78 Å². The molecule has 5 nitrogen and oxygen atoms in total. The van der Waals surface area contributed by atoms with Crippen LogP contribution in [0.2, 0.25) is 0 Å². The lowest BCUT2D eigenvalue weighted by Gasteiger charge is -2.09. The summed E-state index contributed by atoms with van der Waals surface area (Å²) in [6, 6.07) is 0. The van der Waals surface area contributed by atoms with E-state index in [0.29, 0.717) is 23.7 Å². The van der Waals surface area contributed by atoms with E-state index >= 15 is 0 Å². The standard InChI is InChI=1S/C11H16N2O3S/c1-6(2)16-5-8-12-7(3)9(10(17)13-8)11(14)15-4/h6H,5H2,1-4H3,(H,12,13,17). The van der Waals surface area contributed by atoms with E-state index in [-0.39, 0.29) is 10.7 Å². The monoisotopic (exact) mass is 256 g/mol. The number of aryl methyl sites for hydroxylation is 1. The Morgan fingerprint density at radius 3 is 2.65 bits per heavy atom. The Balaban J connectivity index is 3.02. The van der Waals surface area contributed by atoms with Gasteiger partial charge in [-0.1, -0.05) is 12.2 Å². The van der Waals surface area contributed by atoms with E-state index in [1.54, 1.807) is 6.92 Å². The molecule has 6 heteroatoms. The highest BCUT2D eigenvalue weighted by Gasteiger charge is 2.14. The predicted octanol–water partition coefficient (Wildman–Crippen LogP) is 2.16. The maximum absolute atomic E-state index is 11.5. The molecule has 0 saturated carbocycles. The third-order valence-electron chi connectivity index (χ3n) is 2.10. The Morgan fingerprint density at radius 2 is 2.18 bits per heavy atom. The summed E-state index contributed by atoms with van der Waals surface area (Å²) in [5.41, 5.74) is 0.940. The molecule has 1 heterocycles. The van der Waals surface area contributed by atoms with E-state index in [0.717, 1.165) is 0 Å². The molecule has 1 aromatic rings. The Kier molecular flexibility index (Phi) is 4.77. The summed E-state index contributed by atoms with van der Waals surface area (Å²) >= 11 is 5.06. The topological polar surface area (TPSA) is 64.2 Å². The van der Waals surface area contributed by atoms with Crippen LogP contribution in [0.4, 0.5) is 0 Å². The lowest BCUT2D eigenvalue weighted by molar-refractivity contribution is 0.0582. The fraction of sp³-hybridized carbons (Fsp3) is 0.545. The maximum atomic E-state index is 11.5. The van der Waals surface area contributed by atoms with Crippen LogP contribution in [-0.4, -0.2) is 29.2 Å². The number of carbonyl (C=O) groups excluding carboxylic acids is 1. The van der Waals surface area contributed by atoms with Gasteiger partial charge in [0.15, 0.2) is 0 Å². The highest BCUT2D eigenvalue weighted by atomic mass is 32.1. The molecular weight excluding hydrogens is 240 g/mol. The van der Waals surface area contributed by atoms with Gasteiger partial charge in [-0.2, -0.15) is 0 Å². The molecule has 17 heavy (non-hydrogen) atoms. The summed E-state index contributed by atoms with van der Waals surface area (Å²) < 4.78 is 10.3. The number of hydrogen-bond donors (Lipinski definition) is 1. The number of hydrogen-bond acceptors (Lipinski definition) is 5. The van der Waals surface area contributed by atoms with Crippen molar-refractivity contribution in [3.63, 3.8) is 0 Å². The Labute approximate surface area is 105 Å². The SMILES string of the molecule is COC(=O)c1c(C)[nH]c(COC(C)C)nc1=S. The van der Waals surface area contributed by atoms with Gasteiger partial charge in [0.05, 0.1) is 13.2 Å². The number of rotatable bonds is 4. The summed E-state index contributed by atoms with van der Waals surface area (Å²) in [6.07, 6.45) is 0.111. The van der Waals surface area contributed by atoms with Gasteiger partial charge >= 0.3 is 5.97 Å². The van der Waals surface area contributed by atoms with Crippen molar-refractivity contribution in [3.05, 3.63) is 21.7 Å². The molecule has 0 bridgehead atoms. The number of aromatic nitrogens is 2. The normalized spacial score (nSPS) is 10.6.